The maximum Gasteiger partial charge on any atom is 0.224 e. The Morgan fingerprint density at radius 2 is 2.33 bits per heavy atom. The molecule has 2 rings (SSSR count). The Balaban J connectivity index is 1.80. The number of amides is 1. The molecule has 1 aliphatic rings. The van der Waals surface area contributed by atoms with Gasteiger partial charge in [0.2, 0.25) is 15.9 Å². The van der Waals surface area contributed by atoms with Crippen molar-refractivity contribution in [1.82, 2.24) is 14.6 Å². The molecular weight excluding hydrogens is 290 g/mol. The van der Waals surface area contributed by atoms with Crippen LogP contribution < -0.4 is 5.32 Å². The van der Waals surface area contributed by atoms with Crippen molar-refractivity contribution in [2.75, 3.05) is 25.9 Å². The molecule has 21 heavy (non-hydrogen) atoms. The minimum atomic E-state index is -3.21. The van der Waals surface area contributed by atoms with E-state index in [9.17, 15) is 13.2 Å². The maximum absolute atomic E-state index is 12.1. The van der Waals surface area contributed by atoms with Gasteiger partial charge in [-0.3, -0.25) is 9.78 Å². The Morgan fingerprint density at radius 3 is 3.00 bits per heavy atom. The average molecular weight is 311 g/mol. The van der Waals surface area contributed by atoms with Crippen LogP contribution in [0, 0.1) is 5.92 Å². The zero-order valence-electron chi connectivity index (χ0n) is 12.2. The highest BCUT2D eigenvalue weighted by Gasteiger charge is 2.29. The fourth-order valence-electron chi connectivity index (χ4n) is 2.48. The van der Waals surface area contributed by atoms with Gasteiger partial charge in [0.25, 0.3) is 0 Å². The maximum atomic E-state index is 12.1. The number of pyridine rings is 1. The normalized spacial score (nSPS) is 20.1. The lowest BCUT2D eigenvalue weighted by Crippen LogP contribution is -2.45. The highest BCUT2D eigenvalue weighted by Crippen LogP contribution is 2.18. The van der Waals surface area contributed by atoms with Gasteiger partial charge in [0.1, 0.15) is 0 Å². The third-order valence-electron chi connectivity index (χ3n) is 3.66. The summed E-state index contributed by atoms with van der Waals surface area (Å²) < 4.78 is 24.5. The summed E-state index contributed by atoms with van der Waals surface area (Å²) in [7, 11) is -3.21. The highest BCUT2D eigenvalue weighted by molar-refractivity contribution is 7.88. The second-order valence-electron chi connectivity index (χ2n) is 5.36. The number of aromatic nitrogens is 1. The van der Waals surface area contributed by atoms with E-state index >= 15 is 0 Å². The molecule has 116 valence electrons. The Kier molecular flexibility index (Phi) is 5.30. The lowest BCUT2D eigenvalue weighted by atomic mass is 9.99. The molecule has 1 aliphatic heterocycles. The molecule has 0 saturated carbocycles. The van der Waals surface area contributed by atoms with Crippen LogP contribution in [0.2, 0.25) is 0 Å². The van der Waals surface area contributed by atoms with Crippen molar-refractivity contribution in [2.24, 2.45) is 5.92 Å². The summed E-state index contributed by atoms with van der Waals surface area (Å²) in [6.07, 6.45) is 6.87. The number of nitrogens with one attached hydrogen (secondary N) is 1. The molecule has 0 radical (unpaired) electrons. The molecule has 1 fully saturated rings. The highest BCUT2D eigenvalue weighted by atomic mass is 32.2. The summed E-state index contributed by atoms with van der Waals surface area (Å²) in [5, 5.41) is 2.88. The molecule has 0 bridgehead atoms. The molecule has 7 heteroatoms. The van der Waals surface area contributed by atoms with E-state index in [1.165, 1.54) is 10.6 Å². The van der Waals surface area contributed by atoms with Gasteiger partial charge < -0.3 is 5.32 Å². The summed E-state index contributed by atoms with van der Waals surface area (Å²) in [5.74, 6) is -0.311. The molecule has 1 amide bonds. The molecule has 2 heterocycles. The number of hydrogen-bond donors (Lipinski definition) is 1. The number of carbonyl (C=O) groups excluding carboxylic acids is 1. The third kappa shape index (κ3) is 4.78. The summed E-state index contributed by atoms with van der Waals surface area (Å²) >= 11 is 0. The van der Waals surface area contributed by atoms with Gasteiger partial charge in [0, 0.05) is 32.0 Å². The Hall–Kier alpha value is -1.47. The van der Waals surface area contributed by atoms with Gasteiger partial charge >= 0.3 is 0 Å². The number of sulfonamides is 1. The van der Waals surface area contributed by atoms with Crippen LogP contribution in [-0.2, 0) is 21.2 Å². The molecule has 1 saturated heterocycles. The summed E-state index contributed by atoms with van der Waals surface area (Å²) in [4.78, 5) is 16.1. The number of hydrogen-bond acceptors (Lipinski definition) is 4. The van der Waals surface area contributed by atoms with E-state index in [0.717, 1.165) is 24.8 Å². The molecule has 0 spiro atoms. The first-order valence-corrected chi connectivity index (χ1v) is 8.93. The van der Waals surface area contributed by atoms with E-state index in [-0.39, 0.29) is 18.4 Å². The predicted octanol–water partition coefficient (Wildman–Crippen LogP) is 0.412. The van der Waals surface area contributed by atoms with Crippen molar-refractivity contribution in [2.45, 2.75) is 19.3 Å². The van der Waals surface area contributed by atoms with Gasteiger partial charge in [-0.1, -0.05) is 6.07 Å². The molecule has 0 unspecified atom stereocenters. The van der Waals surface area contributed by atoms with E-state index in [0.29, 0.717) is 13.1 Å². The van der Waals surface area contributed by atoms with Gasteiger partial charge in [-0.2, -0.15) is 0 Å². The van der Waals surface area contributed by atoms with Crippen LogP contribution in [0.3, 0.4) is 0 Å². The first-order chi connectivity index (χ1) is 9.97. The second kappa shape index (κ2) is 7.00. The van der Waals surface area contributed by atoms with Gasteiger partial charge in [0.15, 0.2) is 0 Å². The van der Waals surface area contributed by atoms with Crippen LogP contribution in [0.5, 0.6) is 0 Å². The van der Waals surface area contributed by atoms with Crippen LogP contribution in [0.1, 0.15) is 18.4 Å². The summed E-state index contributed by atoms with van der Waals surface area (Å²) in [5.41, 5.74) is 1.07. The smallest absolute Gasteiger partial charge is 0.224 e. The minimum absolute atomic E-state index is 0.0627. The van der Waals surface area contributed by atoms with Crippen molar-refractivity contribution in [3.05, 3.63) is 30.1 Å². The van der Waals surface area contributed by atoms with Crippen LogP contribution >= 0.6 is 0 Å². The summed E-state index contributed by atoms with van der Waals surface area (Å²) in [6.45, 7) is 1.34. The molecule has 1 N–H and O–H groups in total. The van der Waals surface area contributed by atoms with E-state index in [1.54, 1.807) is 12.4 Å². The number of carbonyl (C=O) groups is 1. The summed E-state index contributed by atoms with van der Waals surface area (Å²) in [6, 6.07) is 3.83. The van der Waals surface area contributed by atoms with Crippen LogP contribution in [0.4, 0.5) is 0 Å². The van der Waals surface area contributed by atoms with Crippen LogP contribution in [0.25, 0.3) is 0 Å². The van der Waals surface area contributed by atoms with Crippen molar-refractivity contribution >= 4 is 15.9 Å². The fourth-order valence-corrected chi connectivity index (χ4v) is 3.39. The number of rotatable bonds is 5. The zero-order valence-corrected chi connectivity index (χ0v) is 13.0. The topological polar surface area (TPSA) is 79.4 Å². The Bertz CT molecular complexity index is 574. The predicted molar refractivity (Wildman–Crippen MR) is 80.1 cm³/mol. The van der Waals surface area contributed by atoms with Gasteiger partial charge in [-0.15, -0.1) is 0 Å². The largest absolute Gasteiger partial charge is 0.355 e. The van der Waals surface area contributed by atoms with E-state index in [4.69, 9.17) is 0 Å². The van der Waals surface area contributed by atoms with Crippen molar-refractivity contribution in [1.29, 1.82) is 0 Å². The standard InChI is InChI=1S/C14H21N3O3S/c1-21(19,20)17-9-3-5-13(11-17)14(18)16-8-6-12-4-2-7-15-10-12/h2,4,7,10,13H,3,5-6,8-9,11H2,1H3,(H,16,18)/t13-/m1/s1. The quantitative estimate of drug-likeness (QED) is 0.854. The Labute approximate surface area is 125 Å². The van der Waals surface area contributed by atoms with Crippen molar-refractivity contribution < 1.29 is 13.2 Å². The molecule has 6 nitrogen and oxygen atoms in total. The lowest BCUT2D eigenvalue weighted by Gasteiger charge is -2.30. The minimum Gasteiger partial charge on any atom is -0.355 e. The number of piperidine rings is 1. The van der Waals surface area contributed by atoms with E-state index < -0.39 is 10.0 Å². The van der Waals surface area contributed by atoms with Crippen molar-refractivity contribution in [3.8, 4) is 0 Å². The van der Waals surface area contributed by atoms with Gasteiger partial charge in [0.05, 0.1) is 12.2 Å². The Morgan fingerprint density at radius 1 is 1.52 bits per heavy atom. The average Bonchev–Trinajstić information content (AvgIpc) is 2.47. The molecular formula is C14H21N3O3S. The third-order valence-corrected chi connectivity index (χ3v) is 4.93. The van der Waals surface area contributed by atoms with Crippen LogP contribution in [0.15, 0.2) is 24.5 Å². The first-order valence-electron chi connectivity index (χ1n) is 7.08. The molecule has 1 aromatic rings. The van der Waals surface area contributed by atoms with Gasteiger partial charge in [-0.05, 0) is 30.9 Å². The molecule has 1 aromatic heterocycles. The van der Waals surface area contributed by atoms with E-state index in [2.05, 4.69) is 10.3 Å². The van der Waals surface area contributed by atoms with E-state index in [1.807, 2.05) is 12.1 Å². The fraction of sp³-hybridized carbons (Fsp3) is 0.571. The monoisotopic (exact) mass is 311 g/mol. The second-order valence-corrected chi connectivity index (χ2v) is 7.34. The SMILES string of the molecule is CS(=O)(=O)N1CCC[C@@H](C(=O)NCCc2cccnc2)C1. The van der Waals surface area contributed by atoms with Crippen LogP contribution in [-0.4, -0.2) is 49.5 Å². The molecule has 0 aromatic carbocycles. The molecule has 1 atom stereocenters. The lowest BCUT2D eigenvalue weighted by molar-refractivity contribution is -0.126. The zero-order chi connectivity index (χ0) is 15.3. The van der Waals surface area contributed by atoms with Crippen molar-refractivity contribution in [3.63, 3.8) is 0 Å². The molecule has 0 aliphatic carbocycles. The van der Waals surface area contributed by atoms with Gasteiger partial charge in [-0.25, -0.2) is 12.7 Å². The number of nitrogens with zero attached hydrogens (tertiary/aromatic N) is 2. The first kappa shape index (κ1) is 15.9.